The van der Waals surface area contributed by atoms with Crippen molar-refractivity contribution in [1.82, 2.24) is 0 Å². The Morgan fingerprint density at radius 1 is 1.00 bits per heavy atom. The van der Waals surface area contributed by atoms with Crippen molar-refractivity contribution < 1.29 is 29.2 Å². The molecular formula is C12H22O6. The molecule has 0 aromatic carbocycles. The molecule has 2 N–H and O–H groups in total. The average Bonchev–Trinajstić information content (AvgIpc) is 2.57. The minimum Gasteiger partial charge on any atom is -0.394 e. The maximum absolute atomic E-state index is 9.98. The molecule has 18 heavy (non-hydrogen) atoms. The van der Waals surface area contributed by atoms with E-state index in [-0.39, 0.29) is 13.2 Å². The van der Waals surface area contributed by atoms with E-state index in [1.54, 1.807) is 27.7 Å². The lowest BCUT2D eigenvalue weighted by atomic mass is 10.0. The number of hydrogen-bond donors (Lipinski definition) is 2. The van der Waals surface area contributed by atoms with Gasteiger partial charge in [0, 0.05) is 0 Å². The second kappa shape index (κ2) is 4.70. The largest absolute Gasteiger partial charge is 0.394 e. The highest BCUT2D eigenvalue weighted by molar-refractivity contribution is 4.92. The van der Waals surface area contributed by atoms with E-state index >= 15 is 0 Å². The monoisotopic (exact) mass is 262 g/mol. The van der Waals surface area contributed by atoms with E-state index in [2.05, 4.69) is 0 Å². The molecule has 6 heteroatoms. The normalized spacial score (nSPS) is 43.0. The fraction of sp³-hybridized carbons (Fsp3) is 1.00. The minimum atomic E-state index is -0.797. The summed E-state index contributed by atoms with van der Waals surface area (Å²) >= 11 is 0. The van der Waals surface area contributed by atoms with Gasteiger partial charge in [-0.15, -0.1) is 0 Å². The van der Waals surface area contributed by atoms with E-state index in [0.717, 1.165) is 0 Å². The Balaban J connectivity index is 2.13. The molecule has 0 aromatic heterocycles. The Morgan fingerprint density at radius 3 is 2.22 bits per heavy atom. The first-order valence-electron chi connectivity index (χ1n) is 6.20. The maximum atomic E-state index is 9.98. The third-order valence-corrected chi connectivity index (χ3v) is 3.13. The van der Waals surface area contributed by atoms with Crippen LogP contribution in [0.4, 0.5) is 0 Å². The van der Waals surface area contributed by atoms with Crippen LogP contribution in [0.3, 0.4) is 0 Å². The smallest absolute Gasteiger partial charge is 0.164 e. The van der Waals surface area contributed by atoms with Gasteiger partial charge < -0.3 is 29.2 Å². The molecule has 0 amide bonds. The summed E-state index contributed by atoms with van der Waals surface area (Å²) in [6.07, 6.45) is -2.39. The van der Waals surface area contributed by atoms with Gasteiger partial charge in [0.15, 0.2) is 11.6 Å². The first-order valence-corrected chi connectivity index (χ1v) is 6.20. The molecule has 2 fully saturated rings. The predicted molar refractivity (Wildman–Crippen MR) is 61.8 cm³/mol. The Morgan fingerprint density at radius 2 is 1.61 bits per heavy atom. The van der Waals surface area contributed by atoms with E-state index in [1.165, 1.54) is 0 Å². The van der Waals surface area contributed by atoms with Crippen molar-refractivity contribution in [1.29, 1.82) is 0 Å². The molecule has 2 saturated heterocycles. The zero-order valence-electron chi connectivity index (χ0n) is 11.3. The van der Waals surface area contributed by atoms with Gasteiger partial charge in [-0.1, -0.05) is 0 Å². The summed E-state index contributed by atoms with van der Waals surface area (Å²) in [5.74, 6) is -1.57. The van der Waals surface area contributed by atoms with Gasteiger partial charge in [0.1, 0.15) is 24.4 Å². The molecule has 2 unspecified atom stereocenters. The predicted octanol–water partition coefficient (Wildman–Crippen LogP) is 0.0112. The molecule has 4 atom stereocenters. The summed E-state index contributed by atoms with van der Waals surface area (Å²) in [7, 11) is 0. The second-order valence-corrected chi connectivity index (χ2v) is 5.68. The van der Waals surface area contributed by atoms with Crippen LogP contribution >= 0.6 is 0 Å². The fourth-order valence-electron chi connectivity index (χ4n) is 2.39. The first-order chi connectivity index (χ1) is 8.24. The molecule has 0 saturated carbocycles. The third-order valence-electron chi connectivity index (χ3n) is 3.13. The summed E-state index contributed by atoms with van der Waals surface area (Å²) < 4.78 is 22.4. The molecule has 0 aromatic rings. The molecule has 0 bridgehead atoms. The van der Waals surface area contributed by atoms with Crippen LogP contribution in [0, 0.1) is 0 Å². The first kappa shape index (κ1) is 14.2. The Labute approximate surface area is 107 Å². The molecular weight excluding hydrogens is 240 g/mol. The topological polar surface area (TPSA) is 77.4 Å². The lowest BCUT2D eigenvalue weighted by Crippen LogP contribution is -2.56. The van der Waals surface area contributed by atoms with Crippen molar-refractivity contribution in [2.24, 2.45) is 0 Å². The van der Waals surface area contributed by atoms with E-state index in [1.807, 2.05) is 0 Å². The van der Waals surface area contributed by atoms with E-state index in [0.29, 0.717) is 0 Å². The molecule has 0 aliphatic carbocycles. The fourth-order valence-corrected chi connectivity index (χ4v) is 2.39. The number of aliphatic hydroxyl groups is 2. The Kier molecular flexibility index (Phi) is 3.70. The van der Waals surface area contributed by atoms with Crippen molar-refractivity contribution in [3.8, 4) is 0 Å². The van der Waals surface area contributed by atoms with Crippen LogP contribution in [0.15, 0.2) is 0 Å². The van der Waals surface area contributed by atoms with Crippen molar-refractivity contribution in [2.45, 2.75) is 63.7 Å². The minimum absolute atomic E-state index is 0.177. The van der Waals surface area contributed by atoms with Crippen molar-refractivity contribution in [2.75, 3.05) is 13.2 Å². The molecule has 2 aliphatic rings. The van der Waals surface area contributed by atoms with E-state index in [9.17, 15) is 10.2 Å². The van der Waals surface area contributed by atoms with Gasteiger partial charge in [0.05, 0.1) is 13.2 Å². The number of aliphatic hydroxyl groups excluding tert-OH is 2. The van der Waals surface area contributed by atoms with Crippen molar-refractivity contribution >= 4 is 0 Å². The number of ether oxygens (including phenoxy) is 4. The van der Waals surface area contributed by atoms with Crippen LogP contribution < -0.4 is 0 Å². The highest BCUT2D eigenvalue weighted by Gasteiger charge is 2.50. The highest BCUT2D eigenvalue weighted by Crippen LogP contribution is 2.35. The van der Waals surface area contributed by atoms with Crippen LogP contribution in [0.1, 0.15) is 27.7 Å². The van der Waals surface area contributed by atoms with Crippen LogP contribution in [-0.2, 0) is 18.9 Å². The SMILES string of the molecule is CC1(C)OCC(O)[C@H]([C@@H]2OC(C)(C)OC2CO)O1. The van der Waals surface area contributed by atoms with Gasteiger partial charge in [-0.3, -0.25) is 0 Å². The van der Waals surface area contributed by atoms with Gasteiger partial charge in [-0.25, -0.2) is 0 Å². The van der Waals surface area contributed by atoms with Crippen LogP contribution in [-0.4, -0.2) is 59.4 Å². The van der Waals surface area contributed by atoms with Crippen molar-refractivity contribution in [3.05, 3.63) is 0 Å². The Hall–Kier alpha value is -0.240. The third kappa shape index (κ3) is 2.84. The summed E-state index contributed by atoms with van der Waals surface area (Å²) in [6, 6.07) is 0. The van der Waals surface area contributed by atoms with Gasteiger partial charge in [-0.2, -0.15) is 0 Å². The molecule has 0 spiro atoms. The lowest BCUT2D eigenvalue weighted by Gasteiger charge is -2.41. The quantitative estimate of drug-likeness (QED) is 0.730. The summed E-state index contributed by atoms with van der Waals surface area (Å²) in [5.41, 5.74) is 0. The number of rotatable bonds is 2. The maximum Gasteiger partial charge on any atom is 0.164 e. The summed E-state index contributed by atoms with van der Waals surface area (Å²) in [5, 5.41) is 19.3. The molecule has 6 nitrogen and oxygen atoms in total. The van der Waals surface area contributed by atoms with Gasteiger partial charge in [0.25, 0.3) is 0 Å². The molecule has 106 valence electrons. The standard InChI is InChI=1S/C12H22O6/c1-11(2)15-6-7(14)9(17-11)10-8(5-13)16-12(3,4)18-10/h7-10,13-14H,5-6H2,1-4H3/t7?,8?,9-,10-/m1/s1. The van der Waals surface area contributed by atoms with E-state index < -0.39 is 36.0 Å². The second-order valence-electron chi connectivity index (χ2n) is 5.68. The zero-order chi connectivity index (χ0) is 13.6. The Bertz CT molecular complexity index is 301. The molecule has 2 heterocycles. The molecule has 2 rings (SSSR count). The summed E-state index contributed by atoms with van der Waals surface area (Å²) in [6.45, 7) is 7.10. The van der Waals surface area contributed by atoms with Gasteiger partial charge in [0.2, 0.25) is 0 Å². The molecule has 2 aliphatic heterocycles. The number of hydrogen-bond acceptors (Lipinski definition) is 6. The van der Waals surface area contributed by atoms with Crippen LogP contribution in [0.5, 0.6) is 0 Å². The van der Waals surface area contributed by atoms with Gasteiger partial charge in [-0.05, 0) is 27.7 Å². The highest BCUT2D eigenvalue weighted by atomic mass is 16.8. The van der Waals surface area contributed by atoms with Crippen LogP contribution in [0.2, 0.25) is 0 Å². The van der Waals surface area contributed by atoms with Gasteiger partial charge >= 0.3 is 0 Å². The summed E-state index contributed by atoms with van der Waals surface area (Å²) in [4.78, 5) is 0. The molecule has 0 radical (unpaired) electrons. The van der Waals surface area contributed by atoms with Crippen molar-refractivity contribution in [3.63, 3.8) is 0 Å². The zero-order valence-corrected chi connectivity index (χ0v) is 11.3. The average molecular weight is 262 g/mol. The van der Waals surface area contributed by atoms with Crippen LogP contribution in [0.25, 0.3) is 0 Å². The lowest BCUT2D eigenvalue weighted by molar-refractivity contribution is -0.322. The van der Waals surface area contributed by atoms with E-state index in [4.69, 9.17) is 18.9 Å².